The van der Waals surface area contributed by atoms with Gasteiger partial charge in [-0.15, -0.1) is 0 Å². The van der Waals surface area contributed by atoms with Crippen molar-refractivity contribution < 1.29 is 4.79 Å². The molecule has 3 rings (SSSR count). The van der Waals surface area contributed by atoms with Crippen LogP contribution in [-0.2, 0) is 11.3 Å². The maximum absolute atomic E-state index is 11.2. The highest BCUT2D eigenvalue weighted by Crippen LogP contribution is 2.19. The number of carbonyl (C=O) groups is 1. The molecule has 2 N–H and O–H groups in total. The molecule has 0 bridgehead atoms. The first-order valence-electron chi connectivity index (χ1n) is 9.70. The van der Waals surface area contributed by atoms with E-state index >= 15 is 0 Å². The Morgan fingerprint density at radius 3 is 2.54 bits per heavy atom. The van der Waals surface area contributed by atoms with Crippen molar-refractivity contribution in [1.82, 2.24) is 10.2 Å². The molecule has 146 valence electrons. The zero-order chi connectivity index (χ0) is 19.8. The molecule has 1 aliphatic rings. The van der Waals surface area contributed by atoms with Gasteiger partial charge in [-0.3, -0.25) is 9.79 Å². The number of rotatable bonds is 4. The number of amides is 1. The van der Waals surface area contributed by atoms with E-state index in [2.05, 4.69) is 50.9 Å². The third-order valence-corrected chi connectivity index (χ3v) is 4.79. The van der Waals surface area contributed by atoms with Crippen LogP contribution in [0.5, 0.6) is 0 Å². The van der Waals surface area contributed by atoms with Crippen molar-refractivity contribution in [3.05, 3.63) is 71.3 Å². The van der Waals surface area contributed by atoms with Gasteiger partial charge >= 0.3 is 0 Å². The molecule has 1 amide bonds. The Labute approximate surface area is 167 Å². The lowest BCUT2D eigenvalue weighted by Gasteiger charge is -2.31. The zero-order valence-corrected chi connectivity index (χ0v) is 16.6. The Hall–Kier alpha value is -3.08. The lowest BCUT2D eigenvalue weighted by atomic mass is 10.0. The van der Waals surface area contributed by atoms with Crippen LogP contribution in [0.1, 0.15) is 30.9 Å². The molecule has 2 aromatic carbocycles. The van der Waals surface area contributed by atoms with E-state index in [0.717, 1.165) is 43.1 Å². The molecule has 28 heavy (non-hydrogen) atoms. The van der Waals surface area contributed by atoms with Crippen molar-refractivity contribution in [3.8, 4) is 0 Å². The van der Waals surface area contributed by atoms with Crippen LogP contribution in [0, 0.1) is 0 Å². The lowest BCUT2D eigenvalue weighted by Crippen LogP contribution is -2.44. The zero-order valence-electron chi connectivity index (χ0n) is 16.6. The van der Waals surface area contributed by atoms with Gasteiger partial charge in [0.25, 0.3) is 0 Å². The van der Waals surface area contributed by atoms with Crippen LogP contribution in [0.4, 0.5) is 5.69 Å². The fourth-order valence-corrected chi connectivity index (χ4v) is 3.41. The van der Waals surface area contributed by atoms with Gasteiger partial charge in [-0.2, -0.15) is 0 Å². The number of nitrogens with one attached hydrogen (secondary N) is 2. The molecule has 1 saturated heterocycles. The molecule has 0 saturated carbocycles. The predicted molar refractivity (Wildman–Crippen MR) is 116 cm³/mol. The topological polar surface area (TPSA) is 56.7 Å². The molecular formula is C23H28N4O. The van der Waals surface area contributed by atoms with Crippen molar-refractivity contribution in [2.75, 3.05) is 25.5 Å². The molecule has 2 aromatic rings. The number of piperidine rings is 1. The average molecular weight is 377 g/mol. The number of carbonyl (C=O) groups excluding carboxylic acids is 1. The van der Waals surface area contributed by atoms with Crippen molar-refractivity contribution >= 4 is 23.6 Å². The second-order valence-electron chi connectivity index (χ2n) is 6.98. The summed E-state index contributed by atoms with van der Waals surface area (Å²) in [4.78, 5) is 18.0. The largest absolute Gasteiger partial charge is 0.352 e. The van der Waals surface area contributed by atoms with E-state index in [-0.39, 0.29) is 5.91 Å². The van der Waals surface area contributed by atoms with Gasteiger partial charge in [-0.05, 0) is 36.1 Å². The Balaban J connectivity index is 1.54. The number of guanidine groups is 1. The number of hydrogen-bond acceptors (Lipinski definition) is 2. The molecule has 0 radical (unpaired) electrons. The minimum absolute atomic E-state index is 0.0615. The predicted octanol–water partition coefficient (Wildman–Crippen LogP) is 3.90. The molecule has 1 aliphatic heterocycles. The van der Waals surface area contributed by atoms with E-state index in [1.165, 1.54) is 18.1 Å². The first-order chi connectivity index (χ1) is 13.6. The number of anilines is 1. The molecule has 5 nitrogen and oxygen atoms in total. The summed E-state index contributed by atoms with van der Waals surface area (Å²) in [5, 5.41) is 6.27. The van der Waals surface area contributed by atoms with Crippen LogP contribution >= 0.6 is 0 Å². The van der Waals surface area contributed by atoms with Gasteiger partial charge in [-0.25, -0.2) is 0 Å². The number of nitrogens with zero attached hydrogens (tertiary/aromatic N) is 2. The fraction of sp³-hybridized carbons (Fsp3) is 0.304. The van der Waals surface area contributed by atoms with Crippen LogP contribution < -0.4 is 10.6 Å². The second-order valence-corrected chi connectivity index (χ2v) is 6.98. The highest BCUT2D eigenvalue weighted by atomic mass is 16.1. The van der Waals surface area contributed by atoms with Gasteiger partial charge in [0.2, 0.25) is 5.91 Å². The van der Waals surface area contributed by atoms with Crippen LogP contribution in [0.15, 0.2) is 65.2 Å². The number of benzene rings is 2. The molecule has 0 spiro atoms. The van der Waals surface area contributed by atoms with Crippen molar-refractivity contribution in [2.24, 2.45) is 4.99 Å². The van der Waals surface area contributed by atoms with Gasteiger partial charge in [0.15, 0.2) is 5.96 Å². The Morgan fingerprint density at radius 1 is 1.11 bits per heavy atom. The maximum atomic E-state index is 11.2. The first-order valence-corrected chi connectivity index (χ1v) is 9.70. The highest BCUT2D eigenvalue weighted by Gasteiger charge is 2.17. The molecule has 1 heterocycles. The van der Waals surface area contributed by atoms with Gasteiger partial charge in [0.05, 0.1) is 0 Å². The van der Waals surface area contributed by atoms with Crippen molar-refractivity contribution in [3.63, 3.8) is 0 Å². The standard InChI is InChI=1S/C23H28N4O/c1-18(28)26-22-10-6-9-21(16-22)17-25-23(24-2)27-13-11-20(12-14-27)15-19-7-4-3-5-8-19/h3-10,15-16H,11-14,17H2,1-2H3,(H,24,25)(H,26,28). The summed E-state index contributed by atoms with van der Waals surface area (Å²) in [6, 6.07) is 18.4. The number of likely N-dealkylation sites (tertiary alicyclic amines) is 1. The SMILES string of the molecule is CN=C(NCc1cccc(NC(C)=O)c1)N1CCC(=Cc2ccccc2)CC1. The second kappa shape index (κ2) is 9.74. The Morgan fingerprint density at radius 2 is 1.86 bits per heavy atom. The summed E-state index contributed by atoms with van der Waals surface area (Å²) in [6.45, 7) is 4.11. The van der Waals surface area contributed by atoms with Gasteiger partial charge in [0, 0.05) is 39.3 Å². The minimum atomic E-state index is -0.0615. The van der Waals surface area contributed by atoms with Crippen molar-refractivity contribution in [2.45, 2.75) is 26.3 Å². The van der Waals surface area contributed by atoms with E-state index in [0.29, 0.717) is 6.54 Å². The molecule has 0 aromatic heterocycles. The summed E-state index contributed by atoms with van der Waals surface area (Å²) in [6.07, 6.45) is 4.41. The third-order valence-electron chi connectivity index (χ3n) is 4.79. The summed E-state index contributed by atoms with van der Waals surface area (Å²) in [5.74, 6) is 0.859. The summed E-state index contributed by atoms with van der Waals surface area (Å²) >= 11 is 0. The van der Waals surface area contributed by atoms with Gasteiger partial charge in [0.1, 0.15) is 0 Å². The van der Waals surface area contributed by atoms with E-state index in [1.54, 1.807) is 0 Å². The van der Waals surface area contributed by atoms with Crippen LogP contribution in [0.2, 0.25) is 0 Å². The van der Waals surface area contributed by atoms with Crippen LogP contribution in [-0.4, -0.2) is 36.9 Å². The van der Waals surface area contributed by atoms with Crippen LogP contribution in [0.3, 0.4) is 0 Å². The maximum Gasteiger partial charge on any atom is 0.221 e. The Kier molecular flexibility index (Phi) is 6.84. The van der Waals surface area contributed by atoms with E-state index < -0.39 is 0 Å². The summed E-state index contributed by atoms with van der Waals surface area (Å²) in [7, 11) is 1.82. The monoisotopic (exact) mass is 376 g/mol. The van der Waals surface area contributed by atoms with Crippen LogP contribution in [0.25, 0.3) is 6.08 Å². The van der Waals surface area contributed by atoms with Crippen molar-refractivity contribution in [1.29, 1.82) is 0 Å². The number of hydrogen-bond donors (Lipinski definition) is 2. The molecule has 0 unspecified atom stereocenters. The van der Waals surface area contributed by atoms with E-state index in [1.807, 2.05) is 37.4 Å². The highest BCUT2D eigenvalue weighted by molar-refractivity contribution is 5.88. The Bertz CT molecular complexity index is 848. The van der Waals surface area contributed by atoms with Gasteiger partial charge < -0.3 is 15.5 Å². The smallest absolute Gasteiger partial charge is 0.221 e. The molecule has 0 aliphatic carbocycles. The fourth-order valence-electron chi connectivity index (χ4n) is 3.41. The molecular weight excluding hydrogens is 348 g/mol. The quantitative estimate of drug-likeness (QED) is 0.629. The van der Waals surface area contributed by atoms with E-state index in [9.17, 15) is 4.79 Å². The lowest BCUT2D eigenvalue weighted by molar-refractivity contribution is -0.114. The first kappa shape index (κ1) is 19.7. The summed E-state index contributed by atoms with van der Waals surface area (Å²) in [5.41, 5.74) is 4.68. The number of aliphatic imine (C=N–C) groups is 1. The average Bonchev–Trinajstić information content (AvgIpc) is 2.70. The third kappa shape index (κ3) is 5.71. The minimum Gasteiger partial charge on any atom is -0.352 e. The normalized spacial score (nSPS) is 14.6. The summed E-state index contributed by atoms with van der Waals surface area (Å²) < 4.78 is 0. The molecule has 0 atom stereocenters. The molecule has 5 heteroatoms. The van der Waals surface area contributed by atoms with Gasteiger partial charge in [-0.1, -0.05) is 54.1 Å². The molecule has 1 fully saturated rings. The van der Waals surface area contributed by atoms with E-state index in [4.69, 9.17) is 0 Å².